The fourth-order valence-corrected chi connectivity index (χ4v) is 2.68. The van der Waals surface area contributed by atoms with Gasteiger partial charge in [-0.1, -0.05) is 15.9 Å². The highest BCUT2D eigenvalue weighted by Gasteiger charge is 2.18. The molecule has 0 aliphatic carbocycles. The first-order valence-electron chi connectivity index (χ1n) is 7.20. The van der Waals surface area contributed by atoms with Crippen LogP contribution in [-0.2, 0) is 6.61 Å². The summed E-state index contributed by atoms with van der Waals surface area (Å²) in [6.45, 7) is 1.31. The first-order valence-corrected chi connectivity index (χ1v) is 7.99. The number of nitrogens with zero attached hydrogens (tertiary/aromatic N) is 1. The molecule has 2 aromatic heterocycles. The lowest BCUT2D eigenvalue weighted by molar-refractivity contribution is 0.102. The highest BCUT2D eigenvalue weighted by molar-refractivity contribution is 9.10. The van der Waals surface area contributed by atoms with E-state index in [0.717, 1.165) is 0 Å². The Bertz CT molecular complexity index is 1050. The van der Waals surface area contributed by atoms with E-state index in [-0.39, 0.29) is 23.4 Å². The Balaban J connectivity index is 2.07. The van der Waals surface area contributed by atoms with Crippen molar-refractivity contribution in [2.75, 3.05) is 5.32 Å². The van der Waals surface area contributed by atoms with E-state index in [1.165, 1.54) is 24.4 Å². The number of rotatable bonds is 3. The number of aromatic nitrogens is 1. The minimum absolute atomic E-state index is 0.0685. The summed E-state index contributed by atoms with van der Waals surface area (Å²) < 4.78 is 19.6. The molecule has 25 heavy (non-hydrogen) atoms. The van der Waals surface area contributed by atoms with E-state index < -0.39 is 17.3 Å². The lowest BCUT2D eigenvalue weighted by Crippen LogP contribution is -2.21. The quantitative estimate of drug-likeness (QED) is 0.696. The Morgan fingerprint density at radius 1 is 1.40 bits per heavy atom. The Kier molecular flexibility index (Phi) is 4.65. The van der Waals surface area contributed by atoms with Gasteiger partial charge in [-0.3, -0.25) is 9.78 Å². The minimum Gasteiger partial charge on any atom is -0.420 e. The number of carbonyl (C=O) groups is 1. The molecular formula is C17H12BrFN2O4. The fourth-order valence-electron chi connectivity index (χ4n) is 2.35. The van der Waals surface area contributed by atoms with E-state index in [0.29, 0.717) is 21.1 Å². The second kappa shape index (κ2) is 6.73. The van der Waals surface area contributed by atoms with E-state index in [1.807, 2.05) is 0 Å². The van der Waals surface area contributed by atoms with Crippen LogP contribution < -0.4 is 10.9 Å². The molecule has 1 aromatic carbocycles. The lowest BCUT2D eigenvalue weighted by atomic mass is 10.1. The molecule has 6 nitrogen and oxygen atoms in total. The van der Waals surface area contributed by atoms with Gasteiger partial charge in [0.1, 0.15) is 11.4 Å². The number of fused-ring (bicyclic) bond motifs is 1. The average Bonchev–Trinajstić information content (AvgIpc) is 2.57. The van der Waals surface area contributed by atoms with Crippen molar-refractivity contribution in [1.82, 2.24) is 4.98 Å². The second-order valence-corrected chi connectivity index (χ2v) is 6.21. The molecule has 128 valence electrons. The molecule has 0 bridgehead atoms. The third-order valence-electron chi connectivity index (χ3n) is 3.63. The molecule has 0 saturated carbocycles. The van der Waals surface area contributed by atoms with Gasteiger partial charge in [0, 0.05) is 21.6 Å². The van der Waals surface area contributed by atoms with Gasteiger partial charge in [-0.25, -0.2) is 9.18 Å². The molecule has 2 heterocycles. The van der Waals surface area contributed by atoms with Crippen LogP contribution in [0.3, 0.4) is 0 Å². The molecule has 3 rings (SSSR count). The normalized spacial score (nSPS) is 10.9. The monoisotopic (exact) mass is 406 g/mol. The van der Waals surface area contributed by atoms with Crippen molar-refractivity contribution < 1.29 is 18.7 Å². The Morgan fingerprint density at radius 3 is 2.84 bits per heavy atom. The Labute approximate surface area is 149 Å². The number of aliphatic hydroxyl groups is 1. The van der Waals surface area contributed by atoms with Crippen LogP contribution in [0.5, 0.6) is 0 Å². The second-order valence-electron chi connectivity index (χ2n) is 5.30. The summed E-state index contributed by atoms with van der Waals surface area (Å²) in [6, 6.07) is 5.43. The van der Waals surface area contributed by atoms with Gasteiger partial charge in [-0.05, 0) is 31.2 Å². The van der Waals surface area contributed by atoms with Gasteiger partial charge in [-0.2, -0.15) is 0 Å². The standard InChI is InChI=1S/C17H12BrFN2O4/c1-8-15-11(9(7-22)6-20-8)5-12(17(24)25-15)16(23)21-14-3-2-10(18)4-13(14)19/h2-6,22H,7H2,1H3,(H,21,23). The summed E-state index contributed by atoms with van der Waals surface area (Å²) in [5.41, 5.74) is -0.176. The lowest BCUT2D eigenvalue weighted by Gasteiger charge is -2.09. The van der Waals surface area contributed by atoms with Gasteiger partial charge >= 0.3 is 5.63 Å². The van der Waals surface area contributed by atoms with Crippen LogP contribution in [0.4, 0.5) is 10.1 Å². The summed E-state index contributed by atoms with van der Waals surface area (Å²) in [4.78, 5) is 28.5. The molecule has 0 radical (unpaired) electrons. The summed E-state index contributed by atoms with van der Waals surface area (Å²) in [5, 5.41) is 12.1. The van der Waals surface area contributed by atoms with Gasteiger partial charge in [0.15, 0.2) is 5.58 Å². The Morgan fingerprint density at radius 2 is 2.16 bits per heavy atom. The predicted molar refractivity (Wildman–Crippen MR) is 93.0 cm³/mol. The smallest absolute Gasteiger partial charge is 0.349 e. The number of amides is 1. The van der Waals surface area contributed by atoms with E-state index in [4.69, 9.17) is 4.42 Å². The molecule has 0 aliphatic rings. The molecule has 0 atom stereocenters. The van der Waals surface area contributed by atoms with E-state index in [2.05, 4.69) is 26.2 Å². The van der Waals surface area contributed by atoms with Gasteiger partial charge in [-0.15, -0.1) is 0 Å². The number of carbonyl (C=O) groups excluding carboxylic acids is 1. The van der Waals surface area contributed by atoms with Crippen LogP contribution in [0.2, 0.25) is 0 Å². The SMILES string of the molecule is Cc1ncc(CO)c2cc(C(=O)Nc3ccc(Br)cc3F)c(=O)oc12. The molecule has 1 amide bonds. The molecule has 0 unspecified atom stereocenters. The van der Waals surface area contributed by atoms with Crippen molar-refractivity contribution in [3.63, 3.8) is 0 Å². The van der Waals surface area contributed by atoms with E-state index >= 15 is 0 Å². The number of pyridine rings is 1. The number of hydrogen-bond donors (Lipinski definition) is 2. The maximum Gasteiger partial charge on any atom is 0.349 e. The molecule has 0 spiro atoms. The molecule has 0 fully saturated rings. The molecule has 3 aromatic rings. The zero-order valence-electron chi connectivity index (χ0n) is 13.0. The van der Waals surface area contributed by atoms with Crippen LogP contribution in [-0.4, -0.2) is 16.0 Å². The number of nitrogens with one attached hydrogen (secondary N) is 1. The first-order chi connectivity index (χ1) is 11.9. The average molecular weight is 407 g/mol. The maximum atomic E-state index is 13.9. The summed E-state index contributed by atoms with van der Waals surface area (Å²) in [5.74, 6) is -1.46. The zero-order valence-corrected chi connectivity index (χ0v) is 14.6. The van der Waals surface area contributed by atoms with Gasteiger partial charge in [0.2, 0.25) is 0 Å². The summed E-state index contributed by atoms with van der Waals surface area (Å²) >= 11 is 3.12. The molecule has 0 aliphatic heterocycles. The number of halogens is 2. The maximum absolute atomic E-state index is 13.9. The van der Waals surface area contributed by atoms with Crippen molar-refractivity contribution >= 4 is 38.5 Å². The minimum atomic E-state index is -0.873. The van der Waals surface area contributed by atoms with Crippen molar-refractivity contribution in [2.24, 2.45) is 0 Å². The van der Waals surface area contributed by atoms with Crippen LogP contribution in [0.1, 0.15) is 21.6 Å². The topological polar surface area (TPSA) is 92.4 Å². The van der Waals surface area contributed by atoms with Crippen molar-refractivity contribution in [3.8, 4) is 0 Å². The highest BCUT2D eigenvalue weighted by Crippen LogP contribution is 2.22. The third-order valence-corrected chi connectivity index (χ3v) is 4.12. The van der Waals surface area contributed by atoms with Gasteiger partial charge < -0.3 is 14.8 Å². The fraction of sp³-hybridized carbons (Fsp3) is 0.118. The number of aryl methyl sites for hydroxylation is 1. The molecule has 8 heteroatoms. The van der Waals surface area contributed by atoms with Gasteiger partial charge in [0.25, 0.3) is 5.91 Å². The van der Waals surface area contributed by atoms with E-state index in [9.17, 15) is 19.1 Å². The number of hydrogen-bond acceptors (Lipinski definition) is 5. The largest absolute Gasteiger partial charge is 0.420 e. The zero-order chi connectivity index (χ0) is 18.1. The summed E-state index contributed by atoms with van der Waals surface area (Å²) in [6.07, 6.45) is 1.44. The van der Waals surface area contributed by atoms with Gasteiger partial charge in [0.05, 0.1) is 18.0 Å². The van der Waals surface area contributed by atoms with Crippen molar-refractivity contribution in [2.45, 2.75) is 13.5 Å². The first kappa shape index (κ1) is 17.2. The van der Waals surface area contributed by atoms with Crippen molar-refractivity contribution in [1.29, 1.82) is 0 Å². The van der Waals surface area contributed by atoms with Crippen LogP contribution in [0, 0.1) is 12.7 Å². The van der Waals surface area contributed by atoms with E-state index in [1.54, 1.807) is 13.0 Å². The van der Waals surface area contributed by atoms with Crippen LogP contribution in [0.15, 0.2) is 44.1 Å². The number of benzene rings is 1. The molecule has 2 N–H and O–H groups in total. The van der Waals surface area contributed by atoms with Crippen molar-refractivity contribution in [3.05, 3.63) is 68.0 Å². The number of anilines is 1. The Hall–Kier alpha value is -2.58. The highest BCUT2D eigenvalue weighted by atomic mass is 79.9. The number of aliphatic hydroxyl groups excluding tert-OH is 1. The summed E-state index contributed by atoms with van der Waals surface area (Å²) in [7, 11) is 0. The molecule has 0 saturated heterocycles. The predicted octanol–water partition coefficient (Wildman–Crippen LogP) is 3.14. The van der Waals surface area contributed by atoms with Crippen LogP contribution >= 0.6 is 15.9 Å². The molecular weight excluding hydrogens is 395 g/mol. The van der Waals surface area contributed by atoms with Crippen LogP contribution in [0.25, 0.3) is 11.0 Å². The third kappa shape index (κ3) is 3.31.